The number of hydrogen-bond donors (Lipinski definition) is 2. The number of nitriles is 1. The fourth-order valence-corrected chi connectivity index (χ4v) is 3.51. The molecule has 144 valence electrons. The fourth-order valence-electron chi connectivity index (χ4n) is 2.75. The zero-order valence-corrected chi connectivity index (χ0v) is 16.2. The summed E-state index contributed by atoms with van der Waals surface area (Å²) in [6.07, 6.45) is 1.56. The number of aryl methyl sites for hydroxylation is 1. The van der Waals surface area contributed by atoms with Gasteiger partial charge in [0.25, 0.3) is 5.91 Å². The Balaban J connectivity index is 1.54. The van der Waals surface area contributed by atoms with Crippen LogP contribution in [0.15, 0.2) is 54.0 Å². The number of anilines is 2. The number of aromatic nitrogens is 1. The largest absolute Gasteiger partial charge is 0.454 e. The van der Waals surface area contributed by atoms with Crippen molar-refractivity contribution in [3.05, 3.63) is 70.3 Å². The van der Waals surface area contributed by atoms with Gasteiger partial charge in [0.2, 0.25) is 6.79 Å². The Morgan fingerprint density at radius 3 is 2.86 bits per heavy atom. The summed E-state index contributed by atoms with van der Waals surface area (Å²) in [4.78, 5) is 17.1. The van der Waals surface area contributed by atoms with Crippen molar-refractivity contribution in [3.8, 4) is 17.6 Å². The van der Waals surface area contributed by atoms with Crippen LogP contribution in [0.25, 0.3) is 5.57 Å². The van der Waals surface area contributed by atoms with Crippen molar-refractivity contribution in [2.45, 2.75) is 6.92 Å². The molecule has 0 spiro atoms. The van der Waals surface area contributed by atoms with Crippen LogP contribution in [0.1, 0.15) is 21.1 Å². The number of amides is 1. The minimum Gasteiger partial charge on any atom is -0.454 e. The quantitative estimate of drug-likeness (QED) is 0.612. The van der Waals surface area contributed by atoms with E-state index in [0.29, 0.717) is 39.0 Å². The number of allylic oxidation sites excluding steroid dienone is 1. The summed E-state index contributed by atoms with van der Waals surface area (Å²) < 4.78 is 10.6. The lowest BCUT2D eigenvalue weighted by Gasteiger charge is -2.10. The van der Waals surface area contributed by atoms with Crippen LogP contribution >= 0.6 is 11.3 Å². The SMILES string of the molecule is Cc1csc(/C(C#N)=C/Nc2ccccc2C(=O)Nc2ccc3c(c2)OCO3)n1. The van der Waals surface area contributed by atoms with Crippen molar-refractivity contribution in [2.24, 2.45) is 0 Å². The van der Waals surface area contributed by atoms with Crippen LogP contribution in [0.2, 0.25) is 0 Å². The Labute approximate surface area is 171 Å². The number of hydrogen-bond acceptors (Lipinski definition) is 7. The lowest BCUT2D eigenvalue weighted by Crippen LogP contribution is -2.13. The van der Waals surface area contributed by atoms with Gasteiger partial charge in [-0.1, -0.05) is 12.1 Å². The van der Waals surface area contributed by atoms with Crippen LogP contribution in [-0.2, 0) is 0 Å². The average molecular weight is 404 g/mol. The number of carbonyl (C=O) groups is 1. The topological polar surface area (TPSA) is 96.3 Å². The lowest BCUT2D eigenvalue weighted by molar-refractivity contribution is 0.102. The van der Waals surface area contributed by atoms with Gasteiger partial charge < -0.3 is 20.1 Å². The van der Waals surface area contributed by atoms with Gasteiger partial charge in [-0.3, -0.25) is 4.79 Å². The van der Waals surface area contributed by atoms with E-state index in [0.717, 1.165) is 5.69 Å². The van der Waals surface area contributed by atoms with E-state index in [9.17, 15) is 10.1 Å². The monoisotopic (exact) mass is 404 g/mol. The molecular formula is C21H16N4O3S. The van der Waals surface area contributed by atoms with Crippen LogP contribution in [0, 0.1) is 18.3 Å². The van der Waals surface area contributed by atoms with Gasteiger partial charge in [-0.2, -0.15) is 5.26 Å². The van der Waals surface area contributed by atoms with E-state index in [1.54, 1.807) is 42.6 Å². The van der Waals surface area contributed by atoms with Crippen molar-refractivity contribution in [2.75, 3.05) is 17.4 Å². The molecule has 0 bridgehead atoms. The minimum absolute atomic E-state index is 0.172. The number of ether oxygens (including phenoxy) is 2. The molecule has 29 heavy (non-hydrogen) atoms. The number of para-hydroxylation sites is 1. The molecule has 0 radical (unpaired) electrons. The smallest absolute Gasteiger partial charge is 0.257 e. The highest BCUT2D eigenvalue weighted by molar-refractivity contribution is 7.10. The first-order valence-electron chi connectivity index (χ1n) is 8.73. The summed E-state index contributed by atoms with van der Waals surface area (Å²) in [5.74, 6) is 0.954. The molecule has 8 heteroatoms. The lowest BCUT2D eigenvalue weighted by atomic mass is 10.1. The summed E-state index contributed by atoms with van der Waals surface area (Å²) in [7, 11) is 0. The van der Waals surface area contributed by atoms with Gasteiger partial charge in [0.1, 0.15) is 16.6 Å². The van der Waals surface area contributed by atoms with Crippen molar-refractivity contribution in [1.82, 2.24) is 4.98 Å². The van der Waals surface area contributed by atoms with E-state index >= 15 is 0 Å². The Morgan fingerprint density at radius 1 is 1.24 bits per heavy atom. The Hall–Kier alpha value is -3.83. The van der Waals surface area contributed by atoms with Gasteiger partial charge >= 0.3 is 0 Å². The molecule has 0 saturated carbocycles. The van der Waals surface area contributed by atoms with E-state index in [1.165, 1.54) is 11.3 Å². The molecule has 0 aliphatic carbocycles. The first-order valence-corrected chi connectivity index (χ1v) is 9.61. The standard InChI is InChI=1S/C21H16N4O3S/c1-13-11-29-21(24-13)14(9-22)10-23-17-5-3-2-4-16(17)20(26)25-15-6-7-18-19(8-15)28-12-27-18/h2-8,10-11,23H,12H2,1H3,(H,25,26)/b14-10+. The van der Waals surface area contributed by atoms with Gasteiger partial charge in [0, 0.05) is 29.0 Å². The second-order valence-corrected chi connectivity index (χ2v) is 7.03. The van der Waals surface area contributed by atoms with E-state index in [4.69, 9.17) is 9.47 Å². The zero-order chi connectivity index (χ0) is 20.2. The van der Waals surface area contributed by atoms with Gasteiger partial charge in [0.05, 0.1) is 11.3 Å². The minimum atomic E-state index is -0.288. The number of fused-ring (bicyclic) bond motifs is 1. The second kappa shape index (κ2) is 8.04. The molecule has 0 atom stereocenters. The maximum atomic E-state index is 12.8. The first-order chi connectivity index (χ1) is 14.1. The van der Waals surface area contributed by atoms with Crippen LogP contribution in [0.3, 0.4) is 0 Å². The van der Waals surface area contributed by atoms with E-state index < -0.39 is 0 Å². The molecule has 0 unspecified atom stereocenters. The molecule has 2 aromatic carbocycles. The number of thiazole rings is 1. The van der Waals surface area contributed by atoms with Gasteiger partial charge in [0.15, 0.2) is 11.5 Å². The molecule has 1 aliphatic rings. The normalized spacial score (nSPS) is 12.3. The summed E-state index contributed by atoms with van der Waals surface area (Å²) in [6, 6.07) is 14.4. The molecule has 1 aliphatic heterocycles. The highest BCUT2D eigenvalue weighted by Gasteiger charge is 2.16. The molecule has 1 aromatic heterocycles. The molecule has 3 aromatic rings. The summed E-state index contributed by atoms with van der Waals surface area (Å²) in [5.41, 5.74) is 2.87. The number of carbonyl (C=O) groups excluding carboxylic acids is 1. The van der Waals surface area contributed by atoms with Crippen molar-refractivity contribution >= 4 is 34.2 Å². The van der Waals surface area contributed by atoms with Crippen molar-refractivity contribution in [3.63, 3.8) is 0 Å². The third-order valence-electron chi connectivity index (χ3n) is 4.14. The fraction of sp³-hybridized carbons (Fsp3) is 0.0952. The van der Waals surface area contributed by atoms with Gasteiger partial charge in [-0.15, -0.1) is 11.3 Å². The summed E-state index contributed by atoms with van der Waals surface area (Å²) in [6.45, 7) is 2.05. The summed E-state index contributed by atoms with van der Waals surface area (Å²) >= 11 is 1.40. The highest BCUT2D eigenvalue weighted by atomic mass is 32.1. The first kappa shape index (κ1) is 18.5. The molecule has 0 saturated heterocycles. The molecule has 4 rings (SSSR count). The number of nitrogens with zero attached hydrogens (tertiary/aromatic N) is 2. The predicted molar refractivity (Wildman–Crippen MR) is 111 cm³/mol. The third-order valence-corrected chi connectivity index (χ3v) is 5.14. The Morgan fingerprint density at radius 2 is 2.07 bits per heavy atom. The maximum absolute atomic E-state index is 12.8. The molecule has 0 fully saturated rings. The Kier molecular flexibility index (Phi) is 5.14. The highest BCUT2D eigenvalue weighted by Crippen LogP contribution is 2.34. The number of benzene rings is 2. The van der Waals surface area contributed by atoms with Crippen molar-refractivity contribution in [1.29, 1.82) is 5.26 Å². The number of rotatable bonds is 5. The van der Waals surface area contributed by atoms with E-state index in [1.807, 2.05) is 18.4 Å². The van der Waals surface area contributed by atoms with Crippen LogP contribution in [0.4, 0.5) is 11.4 Å². The van der Waals surface area contributed by atoms with Crippen LogP contribution < -0.4 is 20.1 Å². The molecule has 7 nitrogen and oxygen atoms in total. The van der Waals surface area contributed by atoms with E-state index in [2.05, 4.69) is 21.7 Å². The second-order valence-electron chi connectivity index (χ2n) is 6.18. The summed E-state index contributed by atoms with van der Waals surface area (Å²) in [5, 5.41) is 17.8. The number of nitrogens with one attached hydrogen (secondary N) is 2. The van der Waals surface area contributed by atoms with Gasteiger partial charge in [-0.05, 0) is 31.2 Å². The molecule has 2 N–H and O–H groups in total. The Bertz CT molecular complexity index is 1150. The average Bonchev–Trinajstić information content (AvgIpc) is 3.37. The van der Waals surface area contributed by atoms with Crippen LogP contribution in [0.5, 0.6) is 11.5 Å². The maximum Gasteiger partial charge on any atom is 0.257 e. The molecule has 2 heterocycles. The molecular weight excluding hydrogens is 388 g/mol. The zero-order valence-electron chi connectivity index (χ0n) is 15.4. The van der Waals surface area contributed by atoms with Gasteiger partial charge in [-0.25, -0.2) is 4.98 Å². The van der Waals surface area contributed by atoms with E-state index in [-0.39, 0.29) is 12.7 Å². The van der Waals surface area contributed by atoms with Crippen molar-refractivity contribution < 1.29 is 14.3 Å². The molecule has 1 amide bonds. The van der Waals surface area contributed by atoms with Crippen LogP contribution in [-0.4, -0.2) is 17.7 Å². The predicted octanol–water partition coefficient (Wildman–Crippen LogP) is 4.41. The third kappa shape index (κ3) is 4.05.